The fraction of sp³-hybridized carbons (Fsp3) is 0.938. The van der Waals surface area contributed by atoms with Crippen LogP contribution in [0, 0.1) is 17.3 Å². The number of nitrogens with two attached hydrogens (primary N) is 1. The highest BCUT2D eigenvalue weighted by atomic mass is 16.3. The first kappa shape index (κ1) is 14.3. The number of hydrogen-bond donors (Lipinski definition) is 2. The van der Waals surface area contributed by atoms with Crippen LogP contribution in [-0.2, 0) is 4.79 Å². The average molecular weight is 280 g/mol. The fourth-order valence-corrected chi connectivity index (χ4v) is 4.79. The molecule has 2 atom stereocenters. The van der Waals surface area contributed by atoms with Crippen molar-refractivity contribution < 1.29 is 9.90 Å². The highest BCUT2D eigenvalue weighted by molar-refractivity contribution is 5.84. The normalized spacial score (nSPS) is 44.6. The summed E-state index contributed by atoms with van der Waals surface area (Å²) in [5.74, 6) is 1.16. The zero-order chi connectivity index (χ0) is 14.4. The molecule has 4 nitrogen and oxygen atoms in total. The van der Waals surface area contributed by atoms with Gasteiger partial charge >= 0.3 is 0 Å². The van der Waals surface area contributed by atoms with Crippen LogP contribution in [0.1, 0.15) is 51.9 Å². The van der Waals surface area contributed by atoms with Crippen LogP contribution in [0.25, 0.3) is 0 Å². The number of aliphatic hydroxyl groups is 1. The third kappa shape index (κ3) is 2.17. The molecule has 114 valence electrons. The molecule has 3 rings (SSSR count). The van der Waals surface area contributed by atoms with Gasteiger partial charge < -0.3 is 15.7 Å². The van der Waals surface area contributed by atoms with Gasteiger partial charge in [-0.3, -0.25) is 4.79 Å². The summed E-state index contributed by atoms with van der Waals surface area (Å²) in [6.45, 7) is 4.12. The minimum atomic E-state index is -0.502. The standard InChI is InChI=1S/C16H28N2O2/c1-12-8-15(9-12,11-17)14(19)18-7-6-16(20)5-3-2-4-13(16)10-18/h12-13,20H,2-11,17H2,1H3. The van der Waals surface area contributed by atoms with Gasteiger partial charge in [-0.1, -0.05) is 19.8 Å². The Balaban J connectivity index is 1.68. The van der Waals surface area contributed by atoms with Gasteiger partial charge in [-0.2, -0.15) is 0 Å². The van der Waals surface area contributed by atoms with Crippen molar-refractivity contribution in [1.29, 1.82) is 0 Å². The molecule has 0 aromatic rings. The molecule has 2 aliphatic carbocycles. The van der Waals surface area contributed by atoms with E-state index in [2.05, 4.69) is 6.92 Å². The summed E-state index contributed by atoms with van der Waals surface area (Å²) in [6, 6.07) is 0. The Kier molecular flexibility index (Phi) is 3.57. The Bertz CT molecular complexity index is 392. The van der Waals surface area contributed by atoms with Crippen LogP contribution in [0.15, 0.2) is 0 Å². The Morgan fingerprint density at radius 2 is 2.10 bits per heavy atom. The van der Waals surface area contributed by atoms with E-state index in [9.17, 15) is 9.90 Å². The van der Waals surface area contributed by atoms with Gasteiger partial charge in [0.15, 0.2) is 0 Å². The third-order valence-electron chi connectivity index (χ3n) is 6.04. The van der Waals surface area contributed by atoms with Crippen molar-refractivity contribution in [3.63, 3.8) is 0 Å². The van der Waals surface area contributed by atoms with Crippen molar-refractivity contribution in [1.82, 2.24) is 4.90 Å². The molecular weight excluding hydrogens is 252 g/mol. The summed E-state index contributed by atoms with van der Waals surface area (Å²) in [5.41, 5.74) is 5.11. The number of carbonyl (C=O) groups excluding carboxylic acids is 1. The Morgan fingerprint density at radius 3 is 2.75 bits per heavy atom. The molecule has 0 aromatic carbocycles. The molecule has 0 spiro atoms. The molecule has 3 aliphatic rings. The third-order valence-corrected chi connectivity index (χ3v) is 6.04. The SMILES string of the molecule is CC1CC(CN)(C(=O)N2CCC3(O)CCCCC3C2)C1. The number of rotatable bonds is 2. The summed E-state index contributed by atoms with van der Waals surface area (Å²) in [4.78, 5) is 14.8. The lowest BCUT2D eigenvalue weighted by Crippen LogP contribution is -2.60. The quantitative estimate of drug-likeness (QED) is 0.806. The number of piperidine rings is 1. The zero-order valence-corrected chi connectivity index (χ0v) is 12.6. The molecule has 0 bridgehead atoms. The summed E-state index contributed by atoms with van der Waals surface area (Å²) < 4.78 is 0. The molecule has 3 N–H and O–H groups in total. The van der Waals surface area contributed by atoms with Crippen molar-refractivity contribution in [2.75, 3.05) is 19.6 Å². The van der Waals surface area contributed by atoms with Gasteiger partial charge in [0.2, 0.25) is 5.91 Å². The van der Waals surface area contributed by atoms with Crippen molar-refractivity contribution in [3.05, 3.63) is 0 Å². The highest BCUT2D eigenvalue weighted by Gasteiger charge is 2.51. The summed E-state index contributed by atoms with van der Waals surface area (Å²) in [7, 11) is 0. The van der Waals surface area contributed by atoms with Crippen LogP contribution < -0.4 is 5.73 Å². The number of carbonyl (C=O) groups is 1. The molecule has 4 heteroatoms. The maximum Gasteiger partial charge on any atom is 0.230 e. The van der Waals surface area contributed by atoms with E-state index in [4.69, 9.17) is 5.73 Å². The molecule has 3 fully saturated rings. The fourth-order valence-electron chi connectivity index (χ4n) is 4.79. The summed E-state index contributed by atoms with van der Waals surface area (Å²) in [5, 5.41) is 10.7. The second kappa shape index (κ2) is 4.99. The number of nitrogens with zero attached hydrogens (tertiary/aromatic N) is 1. The van der Waals surface area contributed by atoms with E-state index in [1.165, 1.54) is 6.42 Å². The lowest BCUT2D eigenvalue weighted by atomic mass is 9.61. The number of amides is 1. The van der Waals surface area contributed by atoms with E-state index >= 15 is 0 Å². The first-order valence-corrected chi connectivity index (χ1v) is 8.21. The first-order chi connectivity index (χ1) is 9.49. The van der Waals surface area contributed by atoms with Gasteiger partial charge in [0.25, 0.3) is 0 Å². The largest absolute Gasteiger partial charge is 0.389 e. The van der Waals surface area contributed by atoms with Gasteiger partial charge in [0, 0.05) is 25.6 Å². The minimum absolute atomic E-state index is 0.255. The van der Waals surface area contributed by atoms with Gasteiger partial charge in [-0.25, -0.2) is 0 Å². The predicted molar refractivity (Wildman–Crippen MR) is 78.0 cm³/mol. The average Bonchev–Trinajstić information content (AvgIpc) is 2.42. The molecule has 1 aliphatic heterocycles. The Hall–Kier alpha value is -0.610. The van der Waals surface area contributed by atoms with Gasteiger partial charge in [-0.15, -0.1) is 0 Å². The molecule has 0 aromatic heterocycles. The van der Waals surface area contributed by atoms with Crippen LogP contribution in [0.3, 0.4) is 0 Å². The topological polar surface area (TPSA) is 66.6 Å². The second-order valence-corrected chi connectivity index (χ2v) is 7.55. The maximum absolute atomic E-state index is 12.8. The smallest absolute Gasteiger partial charge is 0.230 e. The Morgan fingerprint density at radius 1 is 1.35 bits per heavy atom. The van der Waals surface area contributed by atoms with E-state index in [0.717, 1.165) is 45.1 Å². The lowest BCUT2D eigenvalue weighted by Gasteiger charge is -2.52. The second-order valence-electron chi connectivity index (χ2n) is 7.55. The van der Waals surface area contributed by atoms with Crippen LogP contribution in [-0.4, -0.2) is 41.1 Å². The molecule has 2 saturated carbocycles. The minimum Gasteiger partial charge on any atom is -0.389 e. The van der Waals surface area contributed by atoms with Crippen LogP contribution in [0.2, 0.25) is 0 Å². The Labute approximate surface area is 121 Å². The van der Waals surface area contributed by atoms with Gasteiger partial charge in [0.05, 0.1) is 11.0 Å². The van der Waals surface area contributed by atoms with Crippen LogP contribution in [0.5, 0.6) is 0 Å². The van der Waals surface area contributed by atoms with Gasteiger partial charge in [-0.05, 0) is 38.0 Å². The molecule has 0 radical (unpaired) electrons. The summed E-state index contributed by atoms with van der Waals surface area (Å²) >= 11 is 0. The highest BCUT2D eigenvalue weighted by Crippen LogP contribution is 2.47. The van der Waals surface area contributed by atoms with Crippen LogP contribution >= 0.6 is 0 Å². The monoisotopic (exact) mass is 280 g/mol. The van der Waals surface area contributed by atoms with Crippen LogP contribution in [0.4, 0.5) is 0 Å². The van der Waals surface area contributed by atoms with E-state index in [1.807, 2.05) is 4.90 Å². The number of fused-ring (bicyclic) bond motifs is 1. The molecule has 20 heavy (non-hydrogen) atoms. The maximum atomic E-state index is 12.8. The molecule has 1 heterocycles. The molecule has 1 saturated heterocycles. The van der Waals surface area contributed by atoms with Gasteiger partial charge in [0.1, 0.15) is 0 Å². The number of hydrogen-bond acceptors (Lipinski definition) is 3. The van der Waals surface area contributed by atoms with Crippen molar-refractivity contribution in [2.24, 2.45) is 23.0 Å². The van der Waals surface area contributed by atoms with E-state index in [0.29, 0.717) is 19.0 Å². The first-order valence-electron chi connectivity index (χ1n) is 8.21. The van der Waals surface area contributed by atoms with E-state index < -0.39 is 5.60 Å². The zero-order valence-electron chi connectivity index (χ0n) is 12.6. The van der Waals surface area contributed by atoms with Crippen molar-refractivity contribution >= 4 is 5.91 Å². The van der Waals surface area contributed by atoms with Crippen molar-refractivity contribution in [3.8, 4) is 0 Å². The van der Waals surface area contributed by atoms with Crippen molar-refractivity contribution in [2.45, 2.75) is 57.5 Å². The number of likely N-dealkylation sites (tertiary alicyclic amines) is 1. The van der Waals surface area contributed by atoms with E-state index in [1.54, 1.807) is 0 Å². The molecular formula is C16H28N2O2. The predicted octanol–water partition coefficient (Wildman–Crippen LogP) is 1.51. The summed E-state index contributed by atoms with van der Waals surface area (Å²) in [6.07, 6.45) is 6.92. The molecule has 1 amide bonds. The molecule has 2 unspecified atom stereocenters. The van der Waals surface area contributed by atoms with E-state index in [-0.39, 0.29) is 17.2 Å². The lowest BCUT2D eigenvalue weighted by molar-refractivity contribution is -0.160.